The number of rotatable bonds is 5. The molecule has 18 heavy (non-hydrogen) atoms. The summed E-state index contributed by atoms with van der Waals surface area (Å²) in [6.07, 6.45) is 1.74. The second-order valence-electron chi connectivity index (χ2n) is 3.53. The molecule has 1 heterocycles. The molecule has 0 aliphatic rings. The summed E-state index contributed by atoms with van der Waals surface area (Å²) in [5.41, 5.74) is 0. The van der Waals surface area contributed by atoms with Gasteiger partial charge in [-0.1, -0.05) is 30.1 Å². The third-order valence-electron chi connectivity index (χ3n) is 2.23. The molecule has 1 atom stereocenters. The summed E-state index contributed by atoms with van der Waals surface area (Å²) in [5, 5.41) is 8.68. The summed E-state index contributed by atoms with van der Waals surface area (Å²) in [6.45, 7) is 1.79. The van der Waals surface area contributed by atoms with Crippen LogP contribution >= 0.6 is 23.2 Å². The van der Waals surface area contributed by atoms with E-state index in [-0.39, 0.29) is 21.5 Å². The molecule has 0 aromatic carbocycles. The predicted molar refractivity (Wildman–Crippen MR) is 68.9 cm³/mol. The van der Waals surface area contributed by atoms with Crippen molar-refractivity contribution in [3.63, 3.8) is 0 Å². The Labute approximate surface area is 116 Å². The molecule has 1 aromatic rings. The number of aromatic nitrogens is 1. The fraction of sp³-hybridized carbons (Fsp3) is 0.400. The molecule has 8 heteroatoms. The minimum Gasteiger partial charge on any atom is -0.242 e. The molecule has 5 nitrogen and oxygen atoms in total. The molecule has 1 rings (SSSR count). The Kier molecular flexibility index (Phi) is 5.35. The number of sulfonamides is 1. The largest absolute Gasteiger partial charge is 0.242 e. The third kappa shape index (κ3) is 3.82. The Morgan fingerprint density at radius 2 is 2.22 bits per heavy atom. The van der Waals surface area contributed by atoms with Gasteiger partial charge in [0.25, 0.3) is 0 Å². The Morgan fingerprint density at radius 1 is 1.56 bits per heavy atom. The average Bonchev–Trinajstić information content (AvgIpc) is 2.31. The quantitative estimate of drug-likeness (QED) is 0.846. The van der Waals surface area contributed by atoms with Gasteiger partial charge >= 0.3 is 0 Å². The van der Waals surface area contributed by atoms with Crippen molar-refractivity contribution in [2.24, 2.45) is 0 Å². The van der Waals surface area contributed by atoms with Gasteiger partial charge in [-0.15, -0.1) is 0 Å². The highest BCUT2D eigenvalue weighted by Gasteiger charge is 2.20. The van der Waals surface area contributed by atoms with Crippen LogP contribution in [0.2, 0.25) is 10.2 Å². The maximum Gasteiger partial charge on any atom is 0.242 e. The van der Waals surface area contributed by atoms with E-state index >= 15 is 0 Å². The molecule has 0 aliphatic carbocycles. The lowest BCUT2D eigenvalue weighted by Gasteiger charge is -2.13. The first-order valence-electron chi connectivity index (χ1n) is 5.11. The number of nitrogens with zero attached hydrogens (tertiary/aromatic N) is 2. The maximum atomic E-state index is 12.0. The van der Waals surface area contributed by atoms with Gasteiger partial charge in [0.15, 0.2) is 0 Å². The van der Waals surface area contributed by atoms with Crippen LogP contribution in [0.15, 0.2) is 17.2 Å². The summed E-state index contributed by atoms with van der Waals surface area (Å²) in [5.74, 6) is 0. The minimum absolute atomic E-state index is 0.0414. The molecule has 0 fully saturated rings. The van der Waals surface area contributed by atoms with Crippen molar-refractivity contribution in [1.29, 1.82) is 5.26 Å². The van der Waals surface area contributed by atoms with Crippen LogP contribution in [0.25, 0.3) is 0 Å². The Morgan fingerprint density at radius 3 is 2.72 bits per heavy atom. The van der Waals surface area contributed by atoms with E-state index in [2.05, 4.69) is 9.71 Å². The van der Waals surface area contributed by atoms with Gasteiger partial charge in [0.05, 0.1) is 17.5 Å². The minimum atomic E-state index is -3.74. The Balaban J connectivity index is 2.99. The lowest BCUT2D eigenvalue weighted by molar-refractivity contribution is 0.543. The summed E-state index contributed by atoms with van der Waals surface area (Å²) in [7, 11) is -3.74. The van der Waals surface area contributed by atoms with Crippen LogP contribution in [0.4, 0.5) is 0 Å². The second-order valence-corrected chi connectivity index (χ2v) is 6.01. The van der Waals surface area contributed by atoms with E-state index in [0.29, 0.717) is 6.42 Å². The van der Waals surface area contributed by atoms with Crippen LogP contribution in [0.1, 0.15) is 19.8 Å². The highest BCUT2D eigenvalue weighted by atomic mass is 35.5. The van der Waals surface area contributed by atoms with Crippen molar-refractivity contribution >= 4 is 33.2 Å². The smallest absolute Gasteiger partial charge is 0.242 e. The highest BCUT2D eigenvalue weighted by Crippen LogP contribution is 2.22. The molecule has 0 radical (unpaired) electrons. The number of nitrogens with one attached hydrogen (secondary N) is 1. The SMILES string of the molecule is CCC(CC#N)NS(=O)(=O)c1cnc(Cl)c(Cl)c1. The van der Waals surface area contributed by atoms with Gasteiger partial charge in [-0.25, -0.2) is 18.1 Å². The van der Waals surface area contributed by atoms with Crippen molar-refractivity contribution in [1.82, 2.24) is 9.71 Å². The molecule has 1 aromatic heterocycles. The molecular formula is C10H11Cl2N3O2S. The van der Waals surface area contributed by atoms with Crippen molar-refractivity contribution in [2.75, 3.05) is 0 Å². The molecule has 98 valence electrons. The standard InChI is InChI=1S/C10H11Cl2N3O2S/c1-2-7(3-4-13)15-18(16,17)8-5-9(11)10(12)14-6-8/h5-7,15H,2-3H2,1H3. The third-order valence-corrected chi connectivity index (χ3v) is 4.41. The van der Waals surface area contributed by atoms with Crippen LogP contribution in [0.3, 0.4) is 0 Å². The van der Waals surface area contributed by atoms with E-state index in [1.807, 2.05) is 6.07 Å². The van der Waals surface area contributed by atoms with Gasteiger partial charge in [0.1, 0.15) is 10.0 Å². The van der Waals surface area contributed by atoms with E-state index in [1.54, 1.807) is 6.92 Å². The van der Waals surface area contributed by atoms with Crippen molar-refractivity contribution in [3.8, 4) is 6.07 Å². The van der Waals surface area contributed by atoms with E-state index < -0.39 is 16.1 Å². The Bertz CT molecular complexity index is 569. The maximum absolute atomic E-state index is 12.0. The van der Waals surface area contributed by atoms with Gasteiger partial charge in [-0.3, -0.25) is 0 Å². The zero-order valence-corrected chi connectivity index (χ0v) is 11.8. The van der Waals surface area contributed by atoms with Crippen LogP contribution in [-0.4, -0.2) is 19.4 Å². The van der Waals surface area contributed by atoms with E-state index in [0.717, 1.165) is 6.20 Å². The lowest BCUT2D eigenvalue weighted by atomic mass is 10.2. The highest BCUT2D eigenvalue weighted by molar-refractivity contribution is 7.89. The fourth-order valence-corrected chi connectivity index (χ4v) is 2.84. The number of pyridine rings is 1. The van der Waals surface area contributed by atoms with Gasteiger partial charge < -0.3 is 0 Å². The molecule has 0 saturated carbocycles. The second kappa shape index (κ2) is 6.34. The normalized spacial score (nSPS) is 13.0. The molecular weight excluding hydrogens is 297 g/mol. The first-order chi connectivity index (χ1) is 8.40. The van der Waals surface area contributed by atoms with E-state index in [9.17, 15) is 8.42 Å². The lowest BCUT2D eigenvalue weighted by Crippen LogP contribution is -2.34. The summed E-state index contributed by atoms with van der Waals surface area (Å²) >= 11 is 11.3. The molecule has 0 saturated heterocycles. The van der Waals surface area contributed by atoms with Gasteiger partial charge in [0.2, 0.25) is 10.0 Å². The number of hydrogen-bond donors (Lipinski definition) is 1. The summed E-state index contributed by atoms with van der Waals surface area (Å²) in [4.78, 5) is 3.60. The molecule has 1 unspecified atom stereocenters. The van der Waals surface area contributed by atoms with Crippen LogP contribution in [-0.2, 0) is 10.0 Å². The van der Waals surface area contributed by atoms with Crippen molar-refractivity contribution < 1.29 is 8.42 Å². The molecule has 0 amide bonds. The first kappa shape index (κ1) is 15.2. The van der Waals surface area contributed by atoms with Crippen LogP contribution in [0, 0.1) is 11.3 Å². The number of halogens is 2. The molecule has 1 N–H and O–H groups in total. The number of nitriles is 1. The van der Waals surface area contributed by atoms with Crippen LogP contribution in [0.5, 0.6) is 0 Å². The van der Waals surface area contributed by atoms with Crippen molar-refractivity contribution in [2.45, 2.75) is 30.7 Å². The zero-order valence-electron chi connectivity index (χ0n) is 9.52. The van der Waals surface area contributed by atoms with Gasteiger partial charge in [-0.2, -0.15) is 5.26 Å². The van der Waals surface area contributed by atoms with Crippen molar-refractivity contribution in [3.05, 3.63) is 22.4 Å². The summed E-state index contributed by atoms with van der Waals surface area (Å²) in [6, 6.07) is 2.71. The first-order valence-corrected chi connectivity index (χ1v) is 7.35. The van der Waals surface area contributed by atoms with Gasteiger partial charge in [-0.05, 0) is 12.5 Å². The van der Waals surface area contributed by atoms with E-state index in [1.165, 1.54) is 6.07 Å². The number of hydrogen-bond acceptors (Lipinski definition) is 4. The molecule has 0 bridgehead atoms. The topological polar surface area (TPSA) is 82.9 Å². The molecule has 0 aliphatic heterocycles. The summed E-state index contributed by atoms with van der Waals surface area (Å²) < 4.78 is 26.4. The zero-order chi connectivity index (χ0) is 13.8. The average molecular weight is 308 g/mol. The monoisotopic (exact) mass is 307 g/mol. The predicted octanol–water partition coefficient (Wildman–Crippen LogP) is 2.36. The van der Waals surface area contributed by atoms with E-state index in [4.69, 9.17) is 28.5 Å². The van der Waals surface area contributed by atoms with Crippen LogP contribution < -0.4 is 4.72 Å². The molecule has 0 spiro atoms. The Hall–Kier alpha value is -0.870. The van der Waals surface area contributed by atoms with Gasteiger partial charge in [0, 0.05) is 12.2 Å². The fourth-order valence-electron chi connectivity index (χ4n) is 1.22.